The van der Waals surface area contributed by atoms with Crippen molar-refractivity contribution >= 4 is 17.5 Å². The number of carbonyl (C=O) groups is 2. The van der Waals surface area contributed by atoms with Crippen molar-refractivity contribution in [2.45, 2.75) is 25.1 Å². The van der Waals surface area contributed by atoms with Gasteiger partial charge < -0.3 is 10.6 Å². The predicted octanol–water partition coefficient (Wildman–Crippen LogP) is 3.26. The molecule has 0 atom stereocenters. The van der Waals surface area contributed by atoms with Crippen LogP contribution < -0.4 is 10.6 Å². The summed E-state index contributed by atoms with van der Waals surface area (Å²) >= 11 is 0. The van der Waals surface area contributed by atoms with E-state index < -0.39 is 23.5 Å². The first-order valence-electron chi connectivity index (χ1n) is 10.8. The lowest BCUT2D eigenvalue weighted by Gasteiger charge is -2.32. The number of rotatable bonds is 6. The van der Waals surface area contributed by atoms with Crippen LogP contribution in [0.3, 0.4) is 0 Å². The number of hydrogen-bond donors (Lipinski definition) is 2. The van der Waals surface area contributed by atoms with Gasteiger partial charge in [-0.2, -0.15) is 18.3 Å². The molecule has 184 valence electrons. The van der Waals surface area contributed by atoms with Crippen molar-refractivity contribution in [2.75, 3.05) is 25.0 Å². The number of aromatic nitrogens is 3. The maximum Gasteiger partial charge on any atom is 0.416 e. The van der Waals surface area contributed by atoms with Gasteiger partial charge in [-0.05, 0) is 55.3 Å². The van der Waals surface area contributed by atoms with E-state index in [1.54, 1.807) is 0 Å². The SMILES string of the molecule is O=C(CN1CCC(NC(=O)c2ccc(F)cc2)CC1)Nc1cc(C(F)(F)F)ccc1-n1cncn1. The Hall–Kier alpha value is -3.80. The molecular weight excluding hydrogens is 468 g/mol. The number of halogens is 4. The molecule has 0 bridgehead atoms. The fraction of sp³-hybridized carbons (Fsp3) is 0.304. The standard InChI is InChI=1S/C23H22F4N6O2/c24-17-4-1-15(2-5-17)22(35)30-18-7-9-32(10-8-18)12-21(34)31-19-11-16(23(25,26)27)3-6-20(19)33-14-28-13-29-33/h1-6,11,13-14,18H,7-10,12H2,(H,30,35)(H,31,34). The molecule has 2 amide bonds. The minimum absolute atomic E-state index is 0.0222. The van der Waals surface area contributed by atoms with Gasteiger partial charge in [0.25, 0.3) is 5.91 Å². The van der Waals surface area contributed by atoms with Gasteiger partial charge in [0.15, 0.2) is 0 Å². The third kappa shape index (κ3) is 6.21. The van der Waals surface area contributed by atoms with Gasteiger partial charge >= 0.3 is 6.18 Å². The summed E-state index contributed by atoms with van der Waals surface area (Å²) < 4.78 is 53.9. The Morgan fingerprint density at radius 3 is 2.40 bits per heavy atom. The molecule has 1 aliphatic rings. The Morgan fingerprint density at radius 1 is 1.06 bits per heavy atom. The summed E-state index contributed by atoms with van der Waals surface area (Å²) in [6, 6.07) is 8.15. The third-order valence-corrected chi connectivity index (χ3v) is 5.66. The lowest BCUT2D eigenvalue weighted by Crippen LogP contribution is -2.46. The van der Waals surface area contributed by atoms with Crippen molar-refractivity contribution in [1.29, 1.82) is 0 Å². The highest BCUT2D eigenvalue weighted by Gasteiger charge is 2.31. The van der Waals surface area contributed by atoms with Crippen molar-refractivity contribution in [3.05, 3.63) is 72.1 Å². The number of piperidine rings is 1. The van der Waals surface area contributed by atoms with Crippen molar-refractivity contribution < 1.29 is 27.2 Å². The summed E-state index contributed by atoms with van der Waals surface area (Å²) in [7, 11) is 0. The average Bonchev–Trinajstić information content (AvgIpc) is 3.35. The van der Waals surface area contributed by atoms with Crippen LogP contribution in [0.5, 0.6) is 0 Å². The van der Waals surface area contributed by atoms with Gasteiger partial charge in [0, 0.05) is 24.7 Å². The molecular formula is C23H22F4N6O2. The lowest BCUT2D eigenvalue weighted by atomic mass is 10.0. The van der Waals surface area contributed by atoms with Crippen LogP contribution in [0.4, 0.5) is 23.2 Å². The van der Waals surface area contributed by atoms with Crippen molar-refractivity contribution in [1.82, 2.24) is 25.0 Å². The second-order valence-corrected chi connectivity index (χ2v) is 8.15. The highest BCUT2D eigenvalue weighted by Crippen LogP contribution is 2.33. The Kier molecular flexibility index (Phi) is 7.10. The number of benzene rings is 2. The maximum absolute atomic E-state index is 13.2. The van der Waals surface area contributed by atoms with Gasteiger partial charge in [-0.25, -0.2) is 14.1 Å². The summed E-state index contributed by atoms with van der Waals surface area (Å²) in [4.78, 5) is 30.6. The summed E-state index contributed by atoms with van der Waals surface area (Å²) in [5.41, 5.74) is -0.310. The Balaban J connectivity index is 1.34. The summed E-state index contributed by atoms with van der Waals surface area (Å²) in [5.74, 6) is -1.20. The number of likely N-dealkylation sites (tertiary alicyclic amines) is 1. The Bertz CT molecular complexity index is 1170. The highest BCUT2D eigenvalue weighted by atomic mass is 19.4. The minimum Gasteiger partial charge on any atom is -0.349 e. The van der Waals surface area contributed by atoms with E-state index in [0.29, 0.717) is 31.5 Å². The molecule has 2 heterocycles. The molecule has 12 heteroatoms. The second kappa shape index (κ2) is 10.2. The number of nitrogens with zero attached hydrogens (tertiary/aromatic N) is 4. The number of hydrogen-bond acceptors (Lipinski definition) is 5. The number of nitrogens with one attached hydrogen (secondary N) is 2. The van der Waals surface area contributed by atoms with E-state index in [1.165, 1.54) is 47.7 Å². The molecule has 1 fully saturated rings. The van der Waals surface area contributed by atoms with E-state index >= 15 is 0 Å². The fourth-order valence-electron chi connectivity index (χ4n) is 3.84. The number of anilines is 1. The largest absolute Gasteiger partial charge is 0.416 e. The average molecular weight is 490 g/mol. The van der Waals surface area contributed by atoms with E-state index in [2.05, 4.69) is 20.7 Å². The molecule has 2 aromatic carbocycles. The zero-order valence-corrected chi connectivity index (χ0v) is 18.4. The molecule has 35 heavy (non-hydrogen) atoms. The van der Waals surface area contributed by atoms with Crippen molar-refractivity contribution in [2.24, 2.45) is 0 Å². The van der Waals surface area contributed by atoms with Crippen LogP contribution >= 0.6 is 0 Å². The van der Waals surface area contributed by atoms with Crippen LogP contribution in [0, 0.1) is 5.82 Å². The number of alkyl halides is 3. The number of amides is 2. The van der Waals surface area contributed by atoms with E-state index in [-0.39, 0.29) is 29.9 Å². The van der Waals surface area contributed by atoms with Crippen LogP contribution in [0.1, 0.15) is 28.8 Å². The highest BCUT2D eigenvalue weighted by molar-refractivity contribution is 5.95. The molecule has 4 rings (SSSR count). The Morgan fingerprint density at radius 2 is 1.77 bits per heavy atom. The van der Waals surface area contributed by atoms with Crippen LogP contribution in [0.2, 0.25) is 0 Å². The summed E-state index contributed by atoms with van der Waals surface area (Å²) in [6.45, 7) is 1.01. The first-order chi connectivity index (χ1) is 16.7. The van der Waals surface area contributed by atoms with Crippen molar-refractivity contribution in [3.8, 4) is 5.69 Å². The summed E-state index contributed by atoms with van der Waals surface area (Å²) in [5, 5.41) is 9.39. The van der Waals surface area contributed by atoms with Crippen LogP contribution in [0.15, 0.2) is 55.1 Å². The minimum atomic E-state index is -4.57. The Labute approximate surface area is 197 Å². The first-order valence-corrected chi connectivity index (χ1v) is 10.8. The zero-order chi connectivity index (χ0) is 25.0. The summed E-state index contributed by atoms with van der Waals surface area (Å²) in [6.07, 6.45) is -0.825. The van der Waals surface area contributed by atoms with Gasteiger partial charge in [0.05, 0.1) is 23.5 Å². The molecule has 1 aromatic heterocycles. The maximum atomic E-state index is 13.2. The van der Waals surface area contributed by atoms with Gasteiger partial charge in [-0.3, -0.25) is 14.5 Å². The van der Waals surface area contributed by atoms with Gasteiger partial charge in [-0.1, -0.05) is 0 Å². The third-order valence-electron chi connectivity index (χ3n) is 5.66. The normalized spacial score (nSPS) is 15.1. The molecule has 0 unspecified atom stereocenters. The first kappa shape index (κ1) is 24.3. The molecule has 0 aliphatic carbocycles. The monoisotopic (exact) mass is 490 g/mol. The van der Waals surface area contributed by atoms with Crippen molar-refractivity contribution in [3.63, 3.8) is 0 Å². The van der Waals surface area contributed by atoms with Crippen LogP contribution in [0.25, 0.3) is 5.69 Å². The van der Waals surface area contributed by atoms with Crippen LogP contribution in [-0.4, -0.2) is 57.2 Å². The smallest absolute Gasteiger partial charge is 0.349 e. The molecule has 0 radical (unpaired) electrons. The molecule has 8 nitrogen and oxygen atoms in total. The lowest BCUT2D eigenvalue weighted by molar-refractivity contribution is -0.137. The number of carbonyl (C=O) groups excluding carboxylic acids is 2. The van der Waals surface area contributed by atoms with Gasteiger partial charge in [0.1, 0.15) is 18.5 Å². The zero-order valence-electron chi connectivity index (χ0n) is 18.4. The topological polar surface area (TPSA) is 92.2 Å². The molecule has 2 N–H and O–H groups in total. The molecule has 1 aliphatic heterocycles. The van der Waals surface area contributed by atoms with Crippen LogP contribution in [-0.2, 0) is 11.0 Å². The van der Waals surface area contributed by atoms with Gasteiger partial charge in [-0.15, -0.1) is 0 Å². The van der Waals surface area contributed by atoms with E-state index in [4.69, 9.17) is 0 Å². The fourth-order valence-corrected chi connectivity index (χ4v) is 3.84. The van der Waals surface area contributed by atoms with E-state index in [0.717, 1.165) is 12.1 Å². The predicted molar refractivity (Wildman–Crippen MR) is 118 cm³/mol. The molecule has 3 aromatic rings. The quantitative estimate of drug-likeness (QED) is 0.518. The van der Waals surface area contributed by atoms with Gasteiger partial charge in [0.2, 0.25) is 5.91 Å². The molecule has 0 spiro atoms. The second-order valence-electron chi connectivity index (χ2n) is 8.15. The van der Waals surface area contributed by atoms with E-state index in [9.17, 15) is 27.2 Å². The molecule has 0 saturated carbocycles. The van der Waals surface area contributed by atoms with E-state index in [1.807, 2.05) is 4.90 Å². The molecule has 1 saturated heterocycles.